The molecule has 0 aromatic heterocycles. The van der Waals surface area contributed by atoms with Gasteiger partial charge in [-0.3, -0.25) is 0 Å². The molecule has 1 fully saturated rings. The predicted octanol–water partition coefficient (Wildman–Crippen LogP) is 12.4. The lowest BCUT2D eigenvalue weighted by molar-refractivity contribution is 0.419. The van der Waals surface area contributed by atoms with E-state index >= 15 is 0 Å². The van der Waals surface area contributed by atoms with E-state index < -0.39 is 0 Å². The first kappa shape index (κ1) is 26.5. The van der Waals surface area contributed by atoms with Crippen LogP contribution in [0.5, 0.6) is 11.5 Å². The van der Waals surface area contributed by atoms with Crippen LogP contribution in [0.1, 0.15) is 62.1 Å². The molecule has 1 nitrogen and oxygen atoms in total. The van der Waals surface area contributed by atoms with Gasteiger partial charge in [-0.15, -0.1) is 0 Å². The van der Waals surface area contributed by atoms with Crippen LogP contribution < -0.4 is 4.74 Å². The molecule has 0 spiro atoms. The van der Waals surface area contributed by atoms with Gasteiger partial charge >= 0.3 is 0 Å². The lowest BCUT2D eigenvalue weighted by atomic mass is 9.73. The molecule has 1 heteroatoms. The summed E-state index contributed by atoms with van der Waals surface area (Å²) in [4.78, 5) is 0. The second kappa shape index (κ2) is 10.1. The van der Waals surface area contributed by atoms with E-state index in [1.807, 2.05) is 0 Å². The van der Waals surface area contributed by atoms with Crippen molar-refractivity contribution in [2.75, 3.05) is 0 Å². The molecular weight excluding hydrogens is 544 g/mol. The van der Waals surface area contributed by atoms with Crippen LogP contribution in [-0.2, 0) is 5.41 Å². The third-order valence-electron chi connectivity index (χ3n) is 10.7. The van der Waals surface area contributed by atoms with Crippen molar-refractivity contribution in [3.05, 3.63) is 144 Å². The second-order valence-electron chi connectivity index (χ2n) is 13.5. The number of ether oxygens (including phenoxy) is 1. The number of hydrogen-bond acceptors (Lipinski definition) is 1. The molecule has 9 rings (SSSR count). The lowest BCUT2D eigenvalue weighted by Gasteiger charge is -2.36. The number of benzene rings is 6. The highest BCUT2D eigenvalue weighted by molar-refractivity contribution is 6.04. The van der Waals surface area contributed by atoms with Gasteiger partial charge in [0.25, 0.3) is 0 Å². The topological polar surface area (TPSA) is 9.23 Å². The zero-order valence-corrected chi connectivity index (χ0v) is 25.9. The van der Waals surface area contributed by atoms with E-state index in [-0.39, 0.29) is 5.41 Å². The molecular formula is C44H36O. The highest BCUT2D eigenvalue weighted by atomic mass is 16.5. The van der Waals surface area contributed by atoms with Crippen LogP contribution in [0, 0.1) is 0 Å². The minimum atomic E-state index is -0.160. The molecule has 1 aliphatic heterocycles. The molecule has 1 heterocycles. The van der Waals surface area contributed by atoms with E-state index in [1.54, 1.807) is 0 Å². The van der Waals surface area contributed by atoms with Crippen LogP contribution in [0.25, 0.3) is 55.6 Å². The molecule has 0 N–H and O–H groups in total. The van der Waals surface area contributed by atoms with Gasteiger partial charge in [0.2, 0.25) is 0 Å². The van der Waals surface area contributed by atoms with E-state index in [1.165, 1.54) is 98.0 Å². The van der Waals surface area contributed by atoms with Crippen LogP contribution in [0.15, 0.2) is 127 Å². The molecule has 218 valence electrons. The van der Waals surface area contributed by atoms with Crippen LogP contribution in [-0.4, -0.2) is 0 Å². The number of fused-ring (bicyclic) bond motifs is 10. The maximum atomic E-state index is 6.88. The Morgan fingerprint density at radius 3 is 1.53 bits per heavy atom. The van der Waals surface area contributed by atoms with Gasteiger partial charge in [-0.25, -0.2) is 0 Å². The molecule has 6 aromatic carbocycles. The Morgan fingerprint density at radius 1 is 0.467 bits per heavy atom. The maximum Gasteiger partial charge on any atom is 0.139 e. The predicted molar refractivity (Wildman–Crippen MR) is 187 cm³/mol. The van der Waals surface area contributed by atoms with Gasteiger partial charge in [0.05, 0.1) is 0 Å². The Hall–Kier alpha value is -4.88. The SMILES string of the molecule is CC1(C)c2ccccc2Oc2c(-c3cc4c(cc3C3CCCC3)-c3ccccc3-c3ccccc3-c3ccccc3-4)cccc21. The summed E-state index contributed by atoms with van der Waals surface area (Å²) in [6.07, 6.45) is 5.05. The summed E-state index contributed by atoms with van der Waals surface area (Å²) in [7, 11) is 0. The quantitative estimate of drug-likeness (QED) is 0.198. The number of rotatable bonds is 2. The van der Waals surface area contributed by atoms with E-state index in [0.717, 1.165) is 11.5 Å². The average Bonchev–Trinajstić information content (AvgIpc) is 3.62. The molecule has 0 atom stereocenters. The Kier molecular flexibility index (Phi) is 5.94. The summed E-state index contributed by atoms with van der Waals surface area (Å²) in [6, 6.07) is 47.3. The van der Waals surface area contributed by atoms with Crippen molar-refractivity contribution in [3.8, 4) is 67.1 Å². The number of hydrogen-bond donors (Lipinski definition) is 0. The molecule has 3 aliphatic rings. The van der Waals surface area contributed by atoms with Gasteiger partial charge in [0.15, 0.2) is 0 Å². The Balaban J connectivity index is 1.37. The monoisotopic (exact) mass is 580 g/mol. The van der Waals surface area contributed by atoms with Gasteiger partial charge in [-0.05, 0) is 92.6 Å². The first-order chi connectivity index (χ1) is 22.1. The molecule has 1 saturated carbocycles. The van der Waals surface area contributed by atoms with Crippen molar-refractivity contribution >= 4 is 0 Å². The average molecular weight is 581 g/mol. The van der Waals surface area contributed by atoms with Gasteiger partial charge in [-0.2, -0.15) is 0 Å². The molecule has 6 aromatic rings. The third-order valence-corrected chi connectivity index (χ3v) is 10.7. The summed E-state index contributed by atoms with van der Waals surface area (Å²) >= 11 is 0. The Labute approximate surface area is 266 Å². The standard InChI is InChI=1S/C44H36O/c1-44(2)40-23-11-12-25-42(40)45-43-35(22-13-24-41(43)44)39-27-38-34-21-10-8-19-32(34)30-17-6-5-16-29(30)31-18-7-9-20-33(31)37(38)26-36(39)28-14-3-4-15-28/h5-13,16-28H,3-4,14-15H2,1-2H3. The molecule has 2 aliphatic carbocycles. The van der Waals surface area contributed by atoms with Gasteiger partial charge in [0, 0.05) is 22.1 Å². The van der Waals surface area contributed by atoms with Crippen LogP contribution in [0.2, 0.25) is 0 Å². The zero-order valence-electron chi connectivity index (χ0n) is 25.9. The second-order valence-corrected chi connectivity index (χ2v) is 13.5. The minimum Gasteiger partial charge on any atom is -0.456 e. The first-order valence-corrected chi connectivity index (χ1v) is 16.5. The van der Waals surface area contributed by atoms with Gasteiger partial charge in [0.1, 0.15) is 11.5 Å². The van der Waals surface area contributed by atoms with Crippen molar-refractivity contribution < 1.29 is 4.74 Å². The molecule has 45 heavy (non-hydrogen) atoms. The summed E-state index contributed by atoms with van der Waals surface area (Å²) in [5.41, 5.74) is 16.7. The van der Waals surface area contributed by atoms with Crippen molar-refractivity contribution in [2.45, 2.75) is 50.9 Å². The summed E-state index contributed by atoms with van der Waals surface area (Å²) < 4.78 is 6.88. The first-order valence-electron chi connectivity index (χ1n) is 16.5. The van der Waals surface area contributed by atoms with E-state index in [9.17, 15) is 0 Å². The van der Waals surface area contributed by atoms with Crippen molar-refractivity contribution in [3.63, 3.8) is 0 Å². The van der Waals surface area contributed by atoms with Crippen LogP contribution in [0.4, 0.5) is 0 Å². The smallest absolute Gasteiger partial charge is 0.139 e. The largest absolute Gasteiger partial charge is 0.456 e. The van der Waals surface area contributed by atoms with Crippen molar-refractivity contribution in [1.29, 1.82) is 0 Å². The summed E-state index contributed by atoms with van der Waals surface area (Å²) in [5.74, 6) is 2.50. The number of para-hydroxylation sites is 2. The highest BCUT2D eigenvalue weighted by Crippen LogP contribution is 2.55. The zero-order chi connectivity index (χ0) is 30.1. The summed E-state index contributed by atoms with van der Waals surface area (Å²) in [6.45, 7) is 4.67. The van der Waals surface area contributed by atoms with Gasteiger partial charge in [-0.1, -0.05) is 136 Å². The van der Waals surface area contributed by atoms with E-state index in [0.29, 0.717) is 5.92 Å². The molecule has 0 unspecified atom stereocenters. The fraction of sp³-hybridized carbons (Fsp3) is 0.182. The van der Waals surface area contributed by atoms with Crippen molar-refractivity contribution in [1.82, 2.24) is 0 Å². The van der Waals surface area contributed by atoms with Crippen LogP contribution >= 0.6 is 0 Å². The fourth-order valence-corrected chi connectivity index (χ4v) is 8.41. The minimum absolute atomic E-state index is 0.160. The molecule has 0 radical (unpaired) electrons. The van der Waals surface area contributed by atoms with Crippen molar-refractivity contribution in [2.24, 2.45) is 0 Å². The van der Waals surface area contributed by atoms with E-state index in [4.69, 9.17) is 4.74 Å². The normalized spacial score (nSPS) is 15.7. The molecule has 0 bridgehead atoms. The summed E-state index contributed by atoms with van der Waals surface area (Å²) in [5, 5.41) is 0. The Bertz CT molecular complexity index is 2120. The highest BCUT2D eigenvalue weighted by Gasteiger charge is 2.36. The maximum absolute atomic E-state index is 6.88. The molecule has 0 saturated heterocycles. The van der Waals surface area contributed by atoms with Crippen LogP contribution in [0.3, 0.4) is 0 Å². The molecule has 0 amide bonds. The lowest BCUT2D eigenvalue weighted by Crippen LogP contribution is -2.24. The fourth-order valence-electron chi connectivity index (χ4n) is 8.41. The van der Waals surface area contributed by atoms with E-state index in [2.05, 4.69) is 141 Å². The third kappa shape index (κ3) is 4.00. The van der Waals surface area contributed by atoms with Gasteiger partial charge < -0.3 is 4.74 Å². The Morgan fingerprint density at radius 2 is 0.933 bits per heavy atom.